The zero-order chi connectivity index (χ0) is 18.7. The van der Waals surface area contributed by atoms with Crippen LogP contribution in [0.3, 0.4) is 0 Å². The summed E-state index contributed by atoms with van der Waals surface area (Å²) in [5, 5.41) is 4.20. The lowest BCUT2D eigenvalue weighted by Crippen LogP contribution is -2.38. The maximum atomic E-state index is 12.5. The van der Waals surface area contributed by atoms with Gasteiger partial charge in [0.1, 0.15) is 5.57 Å². The van der Waals surface area contributed by atoms with Gasteiger partial charge in [-0.05, 0) is 24.6 Å². The highest BCUT2D eigenvalue weighted by Gasteiger charge is 2.39. The third-order valence-corrected chi connectivity index (χ3v) is 5.59. The Bertz CT molecular complexity index is 798. The van der Waals surface area contributed by atoms with Crippen LogP contribution in [0.1, 0.15) is 38.1 Å². The smallest absolute Gasteiger partial charge is 0.339 e. The number of hydrogen-bond acceptors (Lipinski definition) is 8. The lowest BCUT2D eigenvalue weighted by atomic mass is 9.95. The van der Waals surface area contributed by atoms with E-state index in [0.29, 0.717) is 10.2 Å². The van der Waals surface area contributed by atoms with Crippen molar-refractivity contribution in [1.29, 1.82) is 0 Å². The highest BCUT2D eigenvalue weighted by atomic mass is 32.2. The molecule has 1 aliphatic heterocycles. The van der Waals surface area contributed by atoms with Gasteiger partial charge in [-0.2, -0.15) is 4.98 Å². The summed E-state index contributed by atoms with van der Waals surface area (Å²) in [6.07, 6.45) is 6.82. The van der Waals surface area contributed by atoms with Gasteiger partial charge in [0.05, 0.1) is 19.2 Å². The lowest BCUT2D eigenvalue weighted by molar-refractivity contribution is -0.147. The van der Waals surface area contributed by atoms with E-state index in [-0.39, 0.29) is 11.6 Å². The number of fused-ring (bicyclic) bond motifs is 1. The van der Waals surface area contributed by atoms with E-state index in [9.17, 15) is 14.4 Å². The molecule has 1 aromatic heterocycles. The Morgan fingerprint density at radius 3 is 2.62 bits per heavy atom. The van der Waals surface area contributed by atoms with Crippen molar-refractivity contribution in [3.05, 3.63) is 33.2 Å². The Kier molecular flexibility index (Phi) is 5.65. The molecule has 9 heteroatoms. The second kappa shape index (κ2) is 7.94. The molecule has 2 aliphatic rings. The Morgan fingerprint density at radius 1 is 1.23 bits per heavy atom. The average molecular weight is 379 g/mol. The predicted octanol–water partition coefficient (Wildman–Crippen LogP) is 1.37. The first-order valence-electron chi connectivity index (χ1n) is 8.49. The first-order valence-corrected chi connectivity index (χ1v) is 9.30. The number of thioether (sulfide) groups is 1. The maximum absolute atomic E-state index is 12.5. The third kappa shape index (κ3) is 3.62. The Balaban J connectivity index is 2.08. The van der Waals surface area contributed by atoms with Crippen LogP contribution < -0.4 is 10.9 Å². The minimum Gasteiger partial charge on any atom is -0.467 e. The maximum Gasteiger partial charge on any atom is 0.339 e. The van der Waals surface area contributed by atoms with Gasteiger partial charge >= 0.3 is 11.9 Å². The van der Waals surface area contributed by atoms with Crippen molar-refractivity contribution >= 4 is 23.7 Å². The second-order valence-electron chi connectivity index (χ2n) is 6.20. The molecule has 1 fully saturated rings. The van der Waals surface area contributed by atoms with Gasteiger partial charge < -0.3 is 19.4 Å². The Labute approximate surface area is 155 Å². The molecule has 1 saturated carbocycles. The fourth-order valence-corrected chi connectivity index (χ4v) is 4.40. The first-order chi connectivity index (χ1) is 12.5. The lowest BCUT2D eigenvalue weighted by Gasteiger charge is -2.32. The fourth-order valence-electron chi connectivity index (χ4n) is 3.28. The molecule has 1 unspecified atom stereocenters. The number of carbonyl (C=O) groups excluding carboxylic acids is 2. The molecular formula is C17H21N3O5S. The summed E-state index contributed by atoms with van der Waals surface area (Å²) in [7, 11) is 2.52. The zero-order valence-electron chi connectivity index (χ0n) is 14.7. The van der Waals surface area contributed by atoms with Crippen LogP contribution >= 0.6 is 11.8 Å². The average Bonchev–Trinajstić information content (AvgIpc) is 2.66. The molecule has 26 heavy (non-hydrogen) atoms. The van der Waals surface area contributed by atoms with Crippen molar-refractivity contribution in [3.63, 3.8) is 0 Å². The van der Waals surface area contributed by atoms with Gasteiger partial charge in [0.15, 0.2) is 11.2 Å². The number of ether oxygens (including phenoxy) is 2. The van der Waals surface area contributed by atoms with Crippen LogP contribution in [0.15, 0.2) is 32.8 Å². The van der Waals surface area contributed by atoms with Gasteiger partial charge in [0.25, 0.3) is 5.56 Å². The highest BCUT2D eigenvalue weighted by molar-refractivity contribution is 8.03. The summed E-state index contributed by atoms with van der Waals surface area (Å²) in [6, 6.07) is 0.392. The van der Waals surface area contributed by atoms with Gasteiger partial charge in [-0.25, -0.2) is 9.59 Å². The summed E-state index contributed by atoms with van der Waals surface area (Å²) < 4.78 is 11.3. The monoisotopic (exact) mass is 379 g/mol. The molecule has 0 spiro atoms. The summed E-state index contributed by atoms with van der Waals surface area (Å²) in [5.74, 6) is -1.24. The van der Waals surface area contributed by atoms with Gasteiger partial charge in [0.2, 0.25) is 0 Å². The molecule has 0 amide bonds. The molecule has 140 valence electrons. The van der Waals surface area contributed by atoms with Gasteiger partial charge in [-0.3, -0.25) is 4.79 Å². The first kappa shape index (κ1) is 18.5. The molecule has 0 saturated heterocycles. The standard InChI is InChI=1S/C17H21N3O5S/c1-24-15(22)12-13(16(23)25-2)20-9-8-11(21)19-17(20)26-14(12)18-10-6-4-3-5-7-10/h8-10,13,18H,3-7H2,1-2H3. The van der Waals surface area contributed by atoms with Crippen molar-refractivity contribution in [1.82, 2.24) is 14.9 Å². The number of rotatable bonds is 4. The molecule has 0 bridgehead atoms. The van der Waals surface area contributed by atoms with E-state index in [1.807, 2.05) is 0 Å². The number of nitrogens with one attached hydrogen (secondary N) is 1. The predicted molar refractivity (Wildman–Crippen MR) is 94.5 cm³/mol. The minimum absolute atomic E-state index is 0.174. The molecule has 3 rings (SSSR count). The molecular weight excluding hydrogens is 358 g/mol. The second-order valence-corrected chi connectivity index (χ2v) is 7.17. The van der Waals surface area contributed by atoms with Crippen LogP contribution in [-0.4, -0.2) is 41.8 Å². The summed E-state index contributed by atoms with van der Waals surface area (Å²) in [5.41, 5.74) is -0.237. The van der Waals surface area contributed by atoms with E-state index in [4.69, 9.17) is 9.47 Å². The van der Waals surface area contributed by atoms with Crippen molar-refractivity contribution in [2.75, 3.05) is 14.2 Å². The van der Waals surface area contributed by atoms with Gasteiger partial charge in [-0.15, -0.1) is 0 Å². The van der Waals surface area contributed by atoms with E-state index in [1.165, 1.54) is 37.5 Å². The minimum atomic E-state index is -1.05. The quantitative estimate of drug-likeness (QED) is 0.619. The van der Waals surface area contributed by atoms with Crippen LogP contribution in [0.2, 0.25) is 0 Å². The SMILES string of the molecule is COC(=O)C1=C(NC2CCCCC2)Sc2nc(=O)ccn2C1C(=O)OC. The highest BCUT2D eigenvalue weighted by Crippen LogP contribution is 2.39. The molecule has 0 radical (unpaired) electrons. The van der Waals surface area contributed by atoms with Crippen LogP contribution in [0.25, 0.3) is 0 Å². The van der Waals surface area contributed by atoms with E-state index in [0.717, 1.165) is 37.4 Å². The van der Waals surface area contributed by atoms with Crippen molar-refractivity contribution < 1.29 is 19.1 Å². The normalized spacial score (nSPS) is 20.3. The number of aromatic nitrogens is 2. The number of carbonyl (C=O) groups is 2. The molecule has 1 atom stereocenters. The molecule has 2 heterocycles. The molecule has 1 aromatic rings. The third-order valence-electron chi connectivity index (χ3n) is 4.56. The molecule has 8 nitrogen and oxygen atoms in total. The van der Waals surface area contributed by atoms with Crippen LogP contribution in [-0.2, 0) is 19.1 Å². The number of hydrogen-bond donors (Lipinski definition) is 1. The van der Waals surface area contributed by atoms with E-state index < -0.39 is 23.5 Å². The van der Waals surface area contributed by atoms with Gasteiger partial charge in [-0.1, -0.05) is 19.3 Å². The fraction of sp³-hybridized carbons (Fsp3) is 0.529. The van der Waals surface area contributed by atoms with Crippen molar-refractivity contribution in [3.8, 4) is 0 Å². The largest absolute Gasteiger partial charge is 0.467 e. The Morgan fingerprint density at radius 2 is 1.96 bits per heavy atom. The topological polar surface area (TPSA) is 99.5 Å². The molecule has 0 aromatic carbocycles. The zero-order valence-corrected chi connectivity index (χ0v) is 15.5. The van der Waals surface area contributed by atoms with Crippen molar-refractivity contribution in [2.45, 2.75) is 49.3 Å². The number of methoxy groups -OCH3 is 2. The van der Waals surface area contributed by atoms with Crippen LogP contribution in [0, 0.1) is 0 Å². The summed E-state index contributed by atoms with van der Waals surface area (Å²) in [6.45, 7) is 0. The Hall–Kier alpha value is -2.29. The number of esters is 2. The van der Waals surface area contributed by atoms with Crippen LogP contribution in [0.4, 0.5) is 0 Å². The molecule has 1 aliphatic carbocycles. The summed E-state index contributed by atoms with van der Waals surface area (Å²) >= 11 is 1.16. The van der Waals surface area contributed by atoms with E-state index in [2.05, 4.69) is 10.3 Å². The van der Waals surface area contributed by atoms with Crippen molar-refractivity contribution in [2.24, 2.45) is 0 Å². The van der Waals surface area contributed by atoms with Gasteiger partial charge in [0, 0.05) is 18.3 Å². The molecule has 1 N–H and O–H groups in total. The van der Waals surface area contributed by atoms with E-state index >= 15 is 0 Å². The number of nitrogens with zero attached hydrogens (tertiary/aromatic N) is 2. The van der Waals surface area contributed by atoms with E-state index in [1.54, 1.807) is 0 Å². The summed E-state index contributed by atoms with van der Waals surface area (Å²) in [4.78, 5) is 40.6. The van der Waals surface area contributed by atoms with Crippen LogP contribution in [0.5, 0.6) is 0 Å².